The molecule has 0 saturated heterocycles. The van der Waals surface area contributed by atoms with Crippen LogP contribution in [0.25, 0.3) is 10.6 Å². The quantitative estimate of drug-likeness (QED) is 0.754. The molecule has 7 heteroatoms. The van der Waals surface area contributed by atoms with Crippen LogP contribution in [0.3, 0.4) is 0 Å². The molecule has 1 aromatic carbocycles. The van der Waals surface area contributed by atoms with Gasteiger partial charge in [-0.3, -0.25) is 10.1 Å². The predicted molar refractivity (Wildman–Crippen MR) is 91.6 cm³/mol. The maximum Gasteiger partial charge on any atom is 0.265 e. The molecule has 23 heavy (non-hydrogen) atoms. The first-order chi connectivity index (χ1) is 11.0. The van der Waals surface area contributed by atoms with Gasteiger partial charge in [-0.25, -0.2) is 14.4 Å². The SMILES string of the molecule is Cc1nc(C)c(-c2csc(NC(=O)C(F)c3ccccc3)n2)s1. The number of carbonyl (C=O) groups excluding carboxylic acids is 1. The lowest BCUT2D eigenvalue weighted by molar-refractivity contribution is -0.121. The average Bonchev–Trinajstić information content (AvgIpc) is 3.13. The molecule has 4 nitrogen and oxygen atoms in total. The Morgan fingerprint density at radius 2 is 1.96 bits per heavy atom. The van der Waals surface area contributed by atoms with E-state index in [-0.39, 0.29) is 0 Å². The van der Waals surface area contributed by atoms with Gasteiger partial charge in [-0.05, 0) is 19.4 Å². The van der Waals surface area contributed by atoms with Crippen LogP contribution in [0.2, 0.25) is 0 Å². The number of thiazole rings is 2. The number of halogens is 1. The minimum atomic E-state index is -1.71. The van der Waals surface area contributed by atoms with Crippen molar-refractivity contribution in [3.05, 3.63) is 52.0 Å². The maximum absolute atomic E-state index is 14.2. The van der Waals surface area contributed by atoms with E-state index in [1.54, 1.807) is 41.7 Å². The number of hydrogen-bond donors (Lipinski definition) is 1. The van der Waals surface area contributed by atoms with Crippen LogP contribution in [-0.4, -0.2) is 15.9 Å². The number of alkyl halides is 1. The van der Waals surface area contributed by atoms with Crippen LogP contribution in [-0.2, 0) is 4.79 Å². The summed E-state index contributed by atoms with van der Waals surface area (Å²) >= 11 is 2.82. The van der Waals surface area contributed by atoms with Crippen molar-refractivity contribution in [3.8, 4) is 10.6 Å². The van der Waals surface area contributed by atoms with E-state index >= 15 is 0 Å². The molecule has 3 rings (SSSR count). The van der Waals surface area contributed by atoms with Crippen LogP contribution in [0.5, 0.6) is 0 Å². The van der Waals surface area contributed by atoms with E-state index in [1.165, 1.54) is 11.3 Å². The largest absolute Gasteiger partial charge is 0.299 e. The Labute approximate surface area is 141 Å². The van der Waals surface area contributed by atoms with Crippen molar-refractivity contribution < 1.29 is 9.18 Å². The van der Waals surface area contributed by atoms with Gasteiger partial charge >= 0.3 is 0 Å². The summed E-state index contributed by atoms with van der Waals surface area (Å²) in [7, 11) is 0. The molecule has 0 aliphatic rings. The zero-order valence-electron chi connectivity index (χ0n) is 12.5. The van der Waals surface area contributed by atoms with E-state index < -0.39 is 12.1 Å². The van der Waals surface area contributed by atoms with Gasteiger partial charge in [0.1, 0.15) is 0 Å². The summed E-state index contributed by atoms with van der Waals surface area (Å²) in [6.45, 7) is 3.85. The normalized spacial score (nSPS) is 12.1. The van der Waals surface area contributed by atoms with Crippen LogP contribution in [0, 0.1) is 13.8 Å². The van der Waals surface area contributed by atoms with Crippen LogP contribution in [0.4, 0.5) is 9.52 Å². The molecule has 1 N–H and O–H groups in total. The van der Waals surface area contributed by atoms with Gasteiger partial charge in [0.25, 0.3) is 5.91 Å². The Morgan fingerprint density at radius 1 is 1.22 bits per heavy atom. The number of carbonyl (C=O) groups is 1. The van der Waals surface area contributed by atoms with Crippen molar-refractivity contribution in [2.45, 2.75) is 20.0 Å². The summed E-state index contributed by atoms with van der Waals surface area (Å²) in [5, 5.41) is 5.72. The first-order valence-corrected chi connectivity index (χ1v) is 8.64. The van der Waals surface area contributed by atoms with Gasteiger partial charge in [0, 0.05) is 5.38 Å². The van der Waals surface area contributed by atoms with Gasteiger partial charge in [-0.1, -0.05) is 30.3 Å². The highest BCUT2D eigenvalue weighted by Gasteiger charge is 2.21. The summed E-state index contributed by atoms with van der Waals surface area (Å²) in [4.78, 5) is 21.7. The molecular formula is C16H14FN3OS2. The van der Waals surface area contributed by atoms with Gasteiger partial charge in [-0.2, -0.15) is 0 Å². The summed E-state index contributed by atoms with van der Waals surface area (Å²) < 4.78 is 14.2. The van der Waals surface area contributed by atoms with E-state index in [4.69, 9.17) is 0 Å². The first kappa shape index (κ1) is 15.8. The molecule has 0 radical (unpaired) electrons. The first-order valence-electron chi connectivity index (χ1n) is 6.94. The highest BCUT2D eigenvalue weighted by Crippen LogP contribution is 2.32. The number of anilines is 1. The lowest BCUT2D eigenvalue weighted by atomic mass is 10.1. The third-order valence-electron chi connectivity index (χ3n) is 3.19. The zero-order valence-corrected chi connectivity index (χ0v) is 14.2. The number of benzene rings is 1. The number of hydrogen-bond acceptors (Lipinski definition) is 5. The van der Waals surface area contributed by atoms with Crippen molar-refractivity contribution in [1.82, 2.24) is 9.97 Å². The number of nitrogens with one attached hydrogen (secondary N) is 1. The molecule has 1 amide bonds. The molecule has 0 bridgehead atoms. The minimum absolute atomic E-state index is 0.329. The zero-order chi connectivity index (χ0) is 16.4. The maximum atomic E-state index is 14.2. The Kier molecular flexibility index (Phi) is 4.49. The molecule has 0 fully saturated rings. The van der Waals surface area contributed by atoms with E-state index in [0.717, 1.165) is 21.3 Å². The van der Waals surface area contributed by atoms with E-state index in [0.29, 0.717) is 10.7 Å². The van der Waals surface area contributed by atoms with Gasteiger partial charge in [0.15, 0.2) is 5.13 Å². The molecule has 1 atom stereocenters. The van der Waals surface area contributed by atoms with Crippen LogP contribution < -0.4 is 5.32 Å². The Balaban J connectivity index is 1.74. The number of nitrogens with zero attached hydrogens (tertiary/aromatic N) is 2. The van der Waals surface area contributed by atoms with Crippen LogP contribution in [0.1, 0.15) is 22.4 Å². The molecule has 0 aliphatic heterocycles. The fourth-order valence-corrected chi connectivity index (χ4v) is 3.81. The van der Waals surface area contributed by atoms with E-state index in [9.17, 15) is 9.18 Å². The number of aromatic nitrogens is 2. The highest BCUT2D eigenvalue weighted by atomic mass is 32.1. The van der Waals surface area contributed by atoms with Gasteiger partial charge < -0.3 is 0 Å². The average molecular weight is 347 g/mol. The molecule has 2 aromatic heterocycles. The monoisotopic (exact) mass is 347 g/mol. The van der Waals surface area contributed by atoms with Gasteiger partial charge in [0.05, 0.1) is 21.3 Å². The third kappa shape index (κ3) is 3.46. The van der Waals surface area contributed by atoms with E-state index in [1.807, 2.05) is 19.2 Å². The summed E-state index contributed by atoms with van der Waals surface area (Å²) in [5.41, 5.74) is 1.99. The minimum Gasteiger partial charge on any atom is -0.299 e. The second kappa shape index (κ2) is 6.55. The second-order valence-electron chi connectivity index (χ2n) is 4.95. The molecule has 3 aromatic rings. The number of aryl methyl sites for hydroxylation is 2. The molecular weight excluding hydrogens is 333 g/mol. The third-order valence-corrected chi connectivity index (χ3v) is 5.05. The Bertz CT molecular complexity index is 829. The van der Waals surface area contributed by atoms with Crippen molar-refractivity contribution in [3.63, 3.8) is 0 Å². The van der Waals surface area contributed by atoms with Crippen molar-refractivity contribution in [2.75, 3.05) is 5.32 Å². The molecule has 0 saturated carbocycles. The standard InChI is InChI=1S/C16H14FN3OS2/c1-9-14(23-10(2)18-9)12-8-22-16(19-12)20-15(21)13(17)11-6-4-3-5-7-11/h3-8,13H,1-2H3,(H,19,20,21). The number of amides is 1. The highest BCUT2D eigenvalue weighted by molar-refractivity contribution is 7.16. The Hall–Kier alpha value is -2.12. The second-order valence-corrected chi connectivity index (χ2v) is 7.01. The van der Waals surface area contributed by atoms with Crippen molar-refractivity contribution in [2.24, 2.45) is 0 Å². The Morgan fingerprint density at radius 3 is 2.61 bits per heavy atom. The number of rotatable bonds is 4. The van der Waals surface area contributed by atoms with Crippen LogP contribution in [0.15, 0.2) is 35.7 Å². The summed E-state index contributed by atoms with van der Waals surface area (Å²) in [6, 6.07) is 8.35. The smallest absolute Gasteiger partial charge is 0.265 e. The summed E-state index contributed by atoms with van der Waals surface area (Å²) in [6.07, 6.45) is -1.71. The van der Waals surface area contributed by atoms with Gasteiger partial charge in [-0.15, -0.1) is 22.7 Å². The predicted octanol–water partition coefficient (Wildman–Crippen LogP) is 4.53. The van der Waals surface area contributed by atoms with Crippen molar-refractivity contribution >= 4 is 33.7 Å². The molecule has 0 spiro atoms. The lowest BCUT2D eigenvalue weighted by Crippen LogP contribution is -2.17. The van der Waals surface area contributed by atoms with E-state index in [2.05, 4.69) is 15.3 Å². The molecule has 2 heterocycles. The summed E-state index contributed by atoms with van der Waals surface area (Å²) in [5.74, 6) is -0.714. The van der Waals surface area contributed by atoms with Gasteiger partial charge in [0.2, 0.25) is 6.17 Å². The molecule has 1 unspecified atom stereocenters. The lowest BCUT2D eigenvalue weighted by Gasteiger charge is -2.07. The topological polar surface area (TPSA) is 54.9 Å². The molecule has 118 valence electrons. The van der Waals surface area contributed by atoms with Crippen molar-refractivity contribution in [1.29, 1.82) is 0 Å². The fourth-order valence-electron chi connectivity index (χ4n) is 2.15. The van der Waals surface area contributed by atoms with Crippen LogP contribution >= 0.6 is 22.7 Å². The fraction of sp³-hybridized carbons (Fsp3) is 0.188. The molecule has 0 aliphatic carbocycles.